The van der Waals surface area contributed by atoms with E-state index in [1.165, 1.54) is 6.42 Å². The van der Waals surface area contributed by atoms with Crippen LogP contribution in [0.2, 0.25) is 10.0 Å². The predicted molar refractivity (Wildman–Crippen MR) is 71.7 cm³/mol. The maximum absolute atomic E-state index is 12.1. The van der Waals surface area contributed by atoms with Gasteiger partial charge in [-0.15, -0.1) is 0 Å². The summed E-state index contributed by atoms with van der Waals surface area (Å²) < 4.78 is 0. The van der Waals surface area contributed by atoms with E-state index in [-0.39, 0.29) is 5.78 Å². The molecule has 0 heterocycles. The third-order valence-electron chi connectivity index (χ3n) is 3.01. The summed E-state index contributed by atoms with van der Waals surface area (Å²) in [4.78, 5) is 12.1. The molecule has 0 aliphatic heterocycles. The number of halogens is 2. The van der Waals surface area contributed by atoms with Gasteiger partial charge in [-0.2, -0.15) is 0 Å². The van der Waals surface area contributed by atoms with Gasteiger partial charge in [0.05, 0.1) is 0 Å². The van der Waals surface area contributed by atoms with Crippen molar-refractivity contribution in [3.05, 3.63) is 45.5 Å². The van der Waals surface area contributed by atoms with Crippen LogP contribution in [0.5, 0.6) is 0 Å². The Morgan fingerprint density at radius 2 is 2.06 bits per heavy atom. The topological polar surface area (TPSA) is 17.1 Å². The van der Waals surface area contributed by atoms with Gasteiger partial charge in [-0.3, -0.25) is 4.79 Å². The van der Waals surface area contributed by atoms with E-state index >= 15 is 0 Å². The fraction of sp³-hybridized carbons (Fsp3) is 0.357. The van der Waals surface area contributed by atoms with E-state index in [9.17, 15) is 4.79 Å². The molecule has 1 aromatic carbocycles. The molecule has 17 heavy (non-hydrogen) atoms. The van der Waals surface area contributed by atoms with Crippen LogP contribution in [-0.4, -0.2) is 5.78 Å². The van der Waals surface area contributed by atoms with Crippen molar-refractivity contribution in [2.75, 3.05) is 0 Å². The van der Waals surface area contributed by atoms with Crippen LogP contribution >= 0.6 is 23.2 Å². The number of benzene rings is 1. The molecule has 0 atom stereocenters. The quantitative estimate of drug-likeness (QED) is 0.783. The van der Waals surface area contributed by atoms with Crippen LogP contribution in [0, 0.1) is 0 Å². The van der Waals surface area contributed by atoms with Gasteiger partial charge >= 0.3 is 0 Å². The van der Waals surface area contributed by atoms with Gasteiger partial charge in [-0.05, 0) is 55.0 Å². The number of allylic oxidation sites excluding steroid dienone is 2. The van der Waals surface area contributed by atoms with E-state index < -0.39 is 0 Å². The summed E-state index contributed by atoms with van der Waals surface area (Å²) in [5.41, 5.74) is 1.77. The first-order valence-corrected chi connectivity index (χ1v) is 6.58. The molecule has 1 aliphatic rings. The first-order valence-electron chi connectivity index (χ1n) is 5.83. The molecule has 1 nitrogen and oxygen atoms in total. The van der Waals surface area contributed by atoms with Crippen molar-refractivity contribution >= 4 is 29.0 Å². The molecule has 0 aromatic heterocycles. The number of ketones is 1. The van der Waals surface area contributed by atoms with Gasteiger partial charge in [0.1, 0.15) is 0 Å². The molecule has 0 radical (unpaired) electrons. The van der Waals surface area contributed by atoms with E-state index in [1.54, 1.807) is 18.2 Å². The second-order valence-corrected chi connectivity index (χ2v) is 5.15. The highest BCUT2D eigenvalue weighted by Crippen LogP contribution is 2.24. The number of carbonyl (C=O) groups is 1. The Morgan fingerprint density at radius 1 is 1.24 bits per heavy atom. The molecule has 0 saturated carbocycles. The van der Waals surface area contributed by atoms with E-state index in [1.807, 2.05) is 0 Å². The summed E-state index contributed by atoms with van der Waals surface area (Å²) >= 11 is 12.0. The van der Waals surface area contributed by atoms with Crippen LogP contribution in [0.1, 0.15) is 31.2 Å². The third kappa shape index (κ3) is 3.34. The second-order valence-electron chi connectivity index (χ2n) is 4.31. The third-order valence-corrected chi connectivity index (χ3v) is 3.61. The van der Waals surface area contributed by atoms with Crippen molar-refractivity contribution in [1.29, 1.82) is 0 Å². The molecule has 1 aromatic rings. The van der Waals surface area contributed by atoms with Crippen molar-refractivity contribution in [3.8, 4) is 0 Å². The summed E-state index contributed by atoms with van der Waals surface area (Å²) in [6.07, 6.45) is 6.63. The van der Waals surface area contributed by atoms with Crippen molar-refractivity contribution < 1.29 is 4.79 Å². The zero-order valence-corrected chi connectivity index (χ0v) is 11.0. The maximum Gasteiger partial charge on any atom is 0.162 e. The van der Waals surface area contributed by atoms with Crippen LogP contribution in [0.4, 0.5) is 0 Å². The SMILES string of the molecule is O=C(Cc1cc(Cl)ccc1Cl)C1=CCCCC1. The fourth-order valence-electron chi connectivity index (χ4n) is 2.06. The Balaban J connectivity index is 2.12. The monoisotopic (exact) mass is 268 g/mol. The van der Waals surface area contributed by atoms with Gasteiger partial charge < -0.3 is 0 Å². The van der Waals surface area contributed by atoms with Crippen molar-refractivity contribution in [1.82, 2.24) is 0 Å². The van der Waals surface area contributed by atoms with Gasteiger partial charge in [0, 0.05) is 16.5 Å². The maximum atomic E-state index is 12.1. The van der Waals surface area contributed by atoms with E-state index in [0.29, 0.717) is 16.5 Å². The summed E-state index contributed by atoms with van der Waals surface area (Å²) in [5, 5.41) is 1.23. The van der Waals surface area contributed by atoms with E-state index in [0.717, 1.165) is 30.4 Å². The number of hydrogen-bond acceptors (Lipinski definition) is 1. The van der Waals surface area contributed by atoms with Gasteiger partial charge in [-0.1, -0.05) is 29.3 Å². The van der Waals surface area contributed by atoms with E-state index in [2.05, 4.69) is 6.08 Å². The highest BCUT2D eigenvalue weighted by atomic mass is 35.5. The predicted octanol–water partition coefficient (Wildman–Crippen LogP) is 4.61. The summed E-state index contributed by atoms with van der Waals surface area (Å²) in [5.74, 6) is 0.175. The number of Topliss-reactive ketones (excluding diaryl/α,β-unsaturated/α-hetero) is 1. The Kier molecular flexibility index (Phi) is 4.25. The lowest BCUT2D eigenvalue weighted by Gasteiger charge is -2.12. The second kappa shape index (κ2) is 5.70. The lowest BCUT2D eigenvalue weighted by Crippen LogP contribution is -2.09. The standard InChI is InChI=1S/C14H14Cl2O/c15-12-6-7-13(16)11(8-12)9-14(17)10-4-2-1-3-5-10/h4,6-8H,1-3,5,9H2. The molecule has 0 saturated heterocycles. The molecule has 0 bridgehead atoms. The van der Waals surface area contributed by atoms with Gasteiger partial charge in [0.2, 0.25) is 0 Å². The van der Waals surface area contributed by atoms with Gasteiger partial charge in [0.25, 0.3) is 0 Å². The van der Waals surface area contributed by atoms with Crippen LogP contribution in [0.25, 0.3) is 0 Å². The minimum atomic E-state index is 0.175. The number of hydrogen-bond donors (Lipinski definition) is 0. The lowest BCUT2D eigenvalue weighted by molar-refractivity contribution is -0.115. The Morgan fingerprint density at radius 3 is 2.76 bits per heavy atom. The van der Waals surface area contributed by atoms with Gasteiger partial charge in [-0.25, -0.2) is 0 Å². The molecule has 0 unspecified atom stereocenters. The summed E-state index contributed by atoms with van der Waals surface area (Å²) in [7, 11) is 0. The molecule has 90 valence electrons. The minimum Gasteiger partial charge on any atom is -0.294 e. The Labute approximate surface area is 111 Å². The first kappa shape index (κ1) is 12.7. The Hall–Kier alpha value is -0.790. The van der Waals surface area contributed by atoms with Crippen LogP contribution in [0.15, 0.2) is 29.8 Å². The zero-order chi connectivity index (χ0) is 12.3. The van der Waals surface area contributed by atoms with Gasteiger partial charge in [0.15, 0.2) is 5.78 Å². The minimum absolute atomic E-state index is 0.175. The molecular weight excluding hydrogens is 255 g/mol. The zero-order valence-electron chi connectivity index (χ0n) is 9.51. The molecule has 0 amide bonds. The fourth-order valence-corrected chi connectivity index (χ4v) is 2.44. The lowest BCUT2D eigenvalue weighted by atomic mass is 9.93. The average Bonchev–Trinajstić information content (AvgIpc) is 2.35. The summed E-state index contributed by atoms with van der Waals surface area (Å²) in [6, 6.07) is 5.24. The smallest absolute Gasteiger partial charge is 0.162 e. The largest absolute Gasteiger partial charge is 0.294 e. The molecule has 0 fully saturated rings. The number of rotatable bonds is 3. The average molecular weight is 269 g/mol. The van der Waals surface area contributed by atoms with E-state index in [4.69, 9.17) is 23.2 Å². The van der Waals surface area contributed by atoms with Crippen molar-refractivity contribution in [2.45, 2.75) is 32.1 Å². The normalized spacial score (nSPS) is 15.5. The van der Waals surface area contributed by atoms with Crippen LogP contribution in [0.3, 0.4) is 0 Å². The van der Waals surface area contributed by atoms with Crippen molar-refractivity contribution in [2.24, 2.45) is 0 Å². The molecule has 0 spiro atoms. The highest BCUT2D eigenvalue weighted by Gasteiger charge is 2.14. The molecule has 3 heteroatoms. The van der Waals surface area contributed by atoms with Crippen molar-refractivity contribution in [3.63, 3.8) is 0 Å². The van der Waals surface area contributed by atoms with Crippen LogP contribution in [-0.2, 0) is 11.2 Å². The molecule has 0 N–H and O–H groups in total. The summed E-state index contributed by atoms with van der Waals surface area (Å²) in [6.45, 7) is 0. The first-order chi connectivity index (χ1) is 8.16. The Bertz CT molecular complexity index is 463. The number of carbonyl (C=O) groups excluding carboxylic acids is 1. The highest BCUT2D eigenvalue weighted by molar-refractivity contribution is 6.33. The molecular formula is C14H14Cl2O. The molecule has 1 aliphatic carbocycles. The van der Waals surface area contributed by atoms with Crippen LogP contribution < -0.4 is 0 Å². The molecule has 2 rings (SSSR count).